The van der Waals surface area contributed by atoms with Crippen LogP contribution in [0.3, 0.4) is 0 Å². The minimum absolute atomic E-state index is 0.0381. The summed E-state index contributed by atoms with van der Waals surface area (Å²) in [7, 11) is 0. The Labute approximate surface area is 113 Å². The SMILES string of the molecule is CSc1ccc(Nc2nc(CC(=O)O)cs2)cc1. The van der Waals surface area contributed by atoms with Gasteiger partial charge in [-0.1, -0.05) is 0 Å². The van der Waals surface area contributed by atoms with Crippen molar-refractivity contribution in [2.75, 3.05) is 11.6 Å². The summed E-state index contributed by atoms with van der Waals surface area (Å²) in [5.41, 5.74) is 1.53. The summed E-state index contributed by atoms with van der Waals surface area (Å²) in [5, 5.41) is 14.3. The van der Waals surface area contributed by atoms with E-state index in [1.807, 2.05) is 30.5 Å². The van der Waals surface area contributed by atoms with Crippen LogP contribution in [-0.2, 0) is 11.2 Å². The molecule has 0 amide bonds. The number of nitrogens with zero attached hydrogens (tertiary/aromatic N) is 1. The molecule has 94 valence electrons. The average Bonchev–Trinajstić information content (AvgIpc) is 2.76. The largest absolute Gasteiger partial charge is 0.481 e. The van der Waals surface area contributed by atoms with Gasteiger partial charge in [0.1, 0.15) is 0 Å². The molecule has 0 aliphatic carbocycles. The molecule has 18 heavy (non-hydrogen) atoms. The summed E-state index contributed by atoms with van der Waals surface area (Å²) in [5.74, 6) is -0.865. The van der Waals surface area contributed by atoms with Gasteiger partial charge >= 0.3 is 5.97 Å². The number of hydrogen-bond acceptors (Lipinski definition) is 5. The van der Waals surface area contributed by atoms with Gasteiger partial charge in [0, 0.05) is 16.0 Å². The number of nitrogens with one attached hydrogen (secondary N) is 1. The third kappa shape index (κ3) is 3.48. The van der Waals surface area contributed by atoms with E-state index in [1.165, 1.54) is 16.2 Å². The van der Waals surface area contributed by atoms with Crippen molar-refractivity contribution in [1.29, 1.82) is 0 Å². The van der Waals surface area contributed by atoms with Gasteiger partial charge in [0.2, 0.25) is 0 Å². The van der Waals surface area contributed by atoms with Crippen LogP contribution in [-0.4, -0.2) is 22.3 Å². The Morgan fingerprint density at radius 3 is 2.78 bits per heavy atom. The predicted octanol–water partition coefficient (Wildman–Crippen LogP) is 3.24. The second-order valence-electron chi connectivity index (χ2n) is 3.57. The van der Waals surface area contributed by atoms with Crippen LogP contribution >= 0.6 is 23.1 Å². The average molecular weight is 280 g/mol. The first-order valence-electron chi connectivity index (χ1n) is 5.24. The quantitative estimate of drug-likeness (QED) is 0.823. The van der Waals surface area contributed by atoms with E-state index in [0.717, 1.165) is 5.69 Å². The molecule has 4 nitrogen and oxygen atoms in total. The maximum Gasteiger partial charge on any atom is 0.309 e. The topological polar surface area (TPSA) is 62.2 Å². The van der Waals surface area contributed by atoms with E-state index >= 15 is 0 Å². The fourth-order valence-corrected chi connectivity index (χ4v) is 2.54. The van der Waals surface area contributed by atoms with Crippen LogP contribution in [0.2, 0.25) is 0 Å². The number of carboxylic acids is 1. The van der Waals surface area contributed by atoms with Crippen LogP contribution in [0.4, 0.5) is 10.8 Å². The fourth-order valence-electron chi connectivity index (χ4n) is 1.40. The predicted molar refractivity (Wildman–Crippen MR) is 75.0 cm³/mol. The number of aliphatic carboxylic acids is 1. The van der Waals surface area contributed by atoms with Crippen molar-refractivity contribution in [1.82, 2.24) is 4.98 Å². The van der Waals surface area contributed by atoms with Crippen molar-refractivity contribution in [3.63, 3.8) is 0 Å². The number of aromatic nitrogens is 1. The molecule has 0 bridgehead atoms. The van der Waals surface area contributed by atoms with Gasteiger partial charge in [0.15, 0.2) is 5.13 Å². The fraction of sp³-hybridized carbons (Fsp3) is 0.167. The molecule has 0 aliphatic rings. The van der Waals surface area contributed by atoms with Gasteiger partial charge in [0.25, 0.3) is 0 Å². The van der Waals surface area contributed by atoms with Crippen molar-refractivity contribution in [3.8, 4) is 0 Å². The second-order valence-corrected chi connectivity index (χ2v) is 5.31. The smallest absolute Gasteiger partial charge is 0.309 e. The lowest BCUT2D eigenvalue weighted by Crippen LogP contribution is -2.00. The monoisotopic (exact) mass is 280 g/mol. The number of carbonyl (C=O) groups is 1. The molecule has 2 N–H and O–H groups in total. The Morgan fingerprint density at radius 1 is 1.44 bits per heavy atom. The van der Waals surface area contributed by atoms with Crippen LogP contribution in [0.1, 0.15) is 5.69 Å². The summed E-state index contributed by atoms with van der Waals surface area (Å²) in [6, 6.07) is 8.01. The molecule has 0 radical (unpaired) electrons. The standard InChI is InChI=1S/C12H12N2O2S2/c1-17-10-4-2-8(3-5-10)13-12-14-9(7-18-12)6-11(15)16/h2-5,7H,6H2,1H3,(H,13,14)(H,15,16). The van der Waals surface area contributed by atoms with Crippen LogP contribution in [0.25, 0.3) is 0 Å². The Kier molecular flexibility index (Phi) is 4.22. The van der Waals surface area contributed by atoms with E-state index < -0.39 is 5.97 Å². The number of thioether (sulfide) groups is 1. The molecule has 2 aromatic rings. The molecule has 0 unspecified atom stereocenters. The van der Waals surface area contributed by atoms with Gasteiger partial charge in [-0.25, -0.2) is 4.98 Å². The van der Waals surface area contributed by atoms with Crippen molar-refractivity contribution >= 4 is 39.9 Å². The van der Waals surface area contributed by atoms with Crippen LogP contribution in [0, 0.1) is 0 Å². The molecule has 0 saturated heterocycles. The molecule has 1 aromatic carbocycles. The van der Waals surface area contributed by atoms with E-state index in [1.54, 1.807) is 17.1 Å². The molecule has 1 aromatic heterocycles. The van der Waals surface area contributed by atoms with Gasteiger partial charge < -0.3 is 10.4 Å². The summed E-state index contributed by atoms with van der Waals surface area (Å²) in [4.78, 5) is 16.0. The molecular weight excluding hydrogens is 268 g/mol. The Balaban J connectivity index is 2.03. The third-order valence-electron chi connectivity index (χ3n) is 2.23. The summed E-state index contributed by atoms with van der Waals surface area (Å²) >= 11 is 3.09. The maximum atomic E-state index is 10.5. The Morgan fingerprint density at radius 2 is 2.17 bits per heavy atom. The number of rotatable bonds is 5. The van der Waals surface area contributed by atoms with E-state index in [-0.39, 0.29) is 6.42 Å². The molecule has 0 saturated carbocycles. The first kappa shape index (κ1) is 12.9. The molecule has 0 spiro atoms. The molecule has 2 rings (SSSR count). The molecule has 0 fully saturated rings. The zero-order valence-corrected chi connectivity index (χ0v) is 11.3. The van der Waals surface area contributed by atoms with E-state index in [0.29, 0.717) is 10.8 Å². The lowest BCUT2D eigenvalue weighted by molar-refractivity contribution is -0.136. The van der Waals surface area contributed by atoms with Gasteiger partial charge in [-0.2, -0.15) is 0 Å². The van der Waals surface area contributed by atoms with E-state index in [9.17, 15) is 4.79 Å². The first-order valence-corrected chi connectivity index (χ1v) is 7.35. The molecular formula is C12H12N2O2S2. The van der Waals surface area contributed by atoms with Crippen LogP contribution in [0.15, 0.2) is 34.5 Å². The Bertz CT molecular complexity index is 537. The number of thiazole rings is 1. The minimum Gasteiger partial charge on any atom is -0.481 e. The first-order chi connectivity index (χ1) is 8.67. The lowest BCUT2D eigenvalue weighted by Gasteiger charge is -2.03. The van der Waals surface area contributed by atoms with Crippen molar-refractivity contribution in [3.05, 3.63) is 35.3 Å². The summed E-state index contributed by atoms with van der Waals surface area (Å²) in [6.45, 7) is 0. The normalized spacial score (nSPS) is 10.3. The molecule has 6 heteroatoms. The van der Waals surface area contributed by atoms with Crippen molar-refractivity contribution in [2.24, 2.45) is 0 Å². The van der Waals surface area contributed by atoms with Gasteiger partial charge in [0.05, 0.1) is 12.1 Å². The van der Waals surface area contributed by atoms with Crippen LogP contribution < -0.4 is 5.32 Å². The number of benzene rings is 1. The van der Waals surface area contributed by atoms with Crippen molar-refractivity contribution in [2.45, 2.75) is 11.3 Å². The third-order valence-corrected chi connectivity index (χ3v) is 3.78. The molecule has 1 heterocycles. The number of carboxylic acid groups (broad SMARTS) is 1. The highest BCUT2D eigenvalue weighted by Gasteiger charge is 2.06. The zero-order valence-electron chi connectivity index (χ0n) is 9.71. The highest BCUT2D eigenvalue weighted by molar-refractivity contribution is 7.98. The molecule has 0 atom stereocenters. The lowest BCUT2D eigenvalue weighted by atomic mass is 10.3. The van der Waals surface area contributed by atoms with Crippen LogP contribution in [0.5, 0.6) is 0 Å². The van der Waals surface area contributed by atoms with Crippen molar-refractivity contribution < 1.29 is 9.90 Å². The number of anilines is 2. The minimum atomic E-state index is -0.865. The van der Waals surface area contributed by atoms with Gasteiger partial charge in [-0.05, 0) is 30.5 Å². The summed E-state index contributed by atoms with van der Waals surface area (Å²) in [6.07, 6.45) is 1.99. The van der Waals surface area contributed by atoms with Gasteiger partial charge in [-0.3, -0.25) is 4.79 Å². The number of hydrogen-bond donors (Lipinski definition) is 2. The summed E-state index contributed by atoms with van der Waals surface area (Å²) < 4.78 is 0. The second kappa shape index (κ2) is 5.88. The highest BCUT2D eigenvalue weighted by atomic mass is 32.2. The maximum absolute atomic E-state index is 10.5. The Hall–Kier alpha value is -1.53. The van der Waals surface area contributed by atoms with E-state index in [2.05, 4.69) is 10.3 Å². The van der Waals surface area contributed by atoms with E-state index in [4.69, 9.17) is 5.11 Å². The molecule has 0 aliphatic heterocycles. The van der Waals surface area contributed by atoms with Gasteiger partial charge in [-0.15, -0.1) is 23.1 Å². The zero-order chi connectivity index (χ0) is 13.0. The highest BCUT2D eigenvalue weighted by Crippen LogP contribution is 2.23.